The number of nitrogens with zero attached hydrogens (tertiary/aromatic N) is 1. The highest BCUT2D eigenvalue weighted by molar-refractivity contribution is 7.93. The van der Waals surface area contributed by atoms with Crippen LogP contribution in [0.2, 0.25) is 0 Å². The predicted octanol–water partition coefficient (Wildman–Crippen LogP) is 1.29. The van der Waals surface area contributed by atoms with Crippen LogP contribution in [0.1, 0.15) is 12.0 Å². The van der Waals surface area contributed by atoms with Crippen molar-refractivity contribution in [1.82, 2.24) is 9.62 Å². The minimum atomic E-state index is -3.41. The van der Waals surface area contributed by atoms with Gasteiger partial charge in [0.25, 0.3) is 0 Å². The molecule has 2 aliphatic rings. The number of nitrogens with one attached hydrogen (secondary N) is 1. The van der Waals surface area contributed by atoms with Crippen molar-refractivity contribution in [2.45, 2.75) is 6.42 Å². The number of hydrogen-bond donors (Lipinski definition) is 1. The van der Waals surface area contributed by atoms with Gasteiger partial charge in [-0.1, -0.05) is 18.2 Å². The molecule has 3 rings (SSSR count). The molecule has 21 heavy (non-hydrogen) atoms. The molecule has 0 unspecified atom stereocenters. The molecule has 0 aliphatic carbocycles. The zero-order chi connectivity index (χ0) is 14.9. The van der Waals surface area contributed by atoms with Crippen molar-refractivity contribution in [3.63, 3.8) is 0 Å². The number of hydrogen-bond acceptors (Lipinski definition) is 4. The molecule has 0 aromatic heterocycles. The van der Waals surface area contributed by atoms with Crippen LogP contribution in [0.15, 0.2) is 29.2 Å². The Hall–Kier alpha value is -1.37. The molecule has 0 saturated carbocycles. The number of fused-ring (bicyclic) bond motifs is 1. The highest BCUT2D eigenvalue weighted by Crippen LogP contribution is 2.31. The van der Waals surface area contributed by atoms with Crippen LogP contribution in [0.5, 0.6) is 5.75 Å². The Morgan fingerprint density at radius 1 is 1.38 bits per heavy atom. The molecular formula is C15H20N2O3S. The van der Waals surface area contributed by atoms with E-state index in [1.54, 1.807) is 10.4 Å². The molecule has 5 nitrogen and oxygen atoms in total. The molecular weight excluding hydrogens is 288 g/mol. The number of para-hydroxylation sites is 1. The van der Waals surface area contributed by atoms with E-state index in [2.05, 4.69) is 5.32 Å². The SMILES string of the molecule is CNC[C@@H]1CCN(S(=O)(=O)C2=Cc3ccccc3OC2)C1. The van der Waals surface area contributed by atoms with E-state index in [0.717, 1.165) is 24.3 Å². The molecule has 1 N–H and O–H groups in total. The fraction of sp³-hybridized carbons (Fsp3) is 0.467. The summed E-state index contributed by atoms with van der Waals surface area (Å²) in [5.74, 6) is 1.13. The van der Waals surface area contributed by atoms with Crippen molar-refractivity contribution in [3.8, 4) is 5.75 Å². The van der Waals surface area contributed by atoms with Gasteiger partial charge >= 0.3 is 0 Å². The van der Waals surface area contributed by atoms with Crippen LogP contribution in [0, 0.1) is 5.92 Å². The number of rotatable bonds is 4. The molecule has 1 atom stereocenters. The maximum absolute atomic E-state index is 12.7. The summed E-state index contributed by atoms with van der Waals surface area (Å²) in [6.45, 7) is 2.15. The molecule has 2 aliphatic heterocycles. The Labute approximate surface area is 125 Å². The molecule has 0 spiro atoms. The van der Waals surface area contributed by atoms with E-state index in [0.29, 0.717) is 23.9 Å². The second-order valence-corrected chi connectivity index (χ2v) is 7.50. The van der Waals surface area contributed by atoms with Gasteiger partial charge in [-0.3, -0.25) is 0 Å². The molecule has 0 amide bonds. The van der Waals surface area contributed by atoms with Gasteiger partial charge in [-0.2, -0.15) is 4.31 Å². The monoisotopic (exact) mass is 308 g/mol. The number of ether oxygens (including phenoxy) is 1. The van der Waals surface area contributed by atoms with E-state index in [-0.39, 0.29) is 6.61 Å². The summed E-state index contributed by atoms with van der Waals surface area (Å²) in [4.78, 5) is 0.353. The molecule has 0 bridgehead atoms. The molecule has 1 aromatic carbocycles. The highest BCUT2D eigenvalue weighted by Gasteiger charge is 2.34. The average molecular weight is 308 g/mol. The van der Waals surface area contributed by atoms with E-state index in [4.69, 9.17) is 4.74 Å². The lowest BCUT2D eigenvalue weighted by molar-refractivity contribution is 0.350. The summed E-state index contributed by atoms with van der Waals surface area (Å²) < 4.78 is 32.6. The second-order valence-electron chi connectivity index (χ2n) is 5.51. The van der Waals surface area contributed by atoms with Gasteiger partial charge in [0.15, 0.2) is 0 Å². The first-order chi connectivity index (χ1) is 10.1. The van der Waals surface area contributed by atoms with E-state index < -0.39 is 10.0 Å². The van der Waals surface area contributed by atoms with E-state index in [1.165, 1.54) is 0 Å². The van der Waals surface area contributed by atoms with Gasteiger partial charge < -0.3 is 10.1 Å². The normalized spacial score (nSPS) is 22.5. The lowest BCUT2D eigenvalue weighted by Gasteiger charge is -2.22. The first kappa shape index (κ1) is 14.6. The summed E-state index contributed by atoms with van der Waals surface area (Å²) in [5.41, 5.74) is 0.827. The fourth-order valence-corrected chi connectivity index (χ4v) is 4.45. The Balaban J connectivity index is 1.82. The quantitative estimate of drug-likeness (QED) is 0.910. The van der Waals surface area contributed by atoms with Gasteiger partial charge in [-0.25, -0.2) is 8.42 Å². The van der Waals surface area contributed by atoms with E-state index in [1.807, 2.05) is 31.3 Å². The lowest BCUT2D eigenvalue weighted by Crippen LogP contribution is -2.33. The van der Waals surface area contributed by atoms with Crippen LogP contribution >= 0.6 is 0 Å². The topological polar surface area (TPSA) is 58.6 Å². The smallest absolute Gasteiger partial charge is 0.242 e. The molecule has 1 fully saturated rings. The maximum atomic E-state index is 12.7. The predicted molar refractivity (Wildman–Crippen MR) is 82.4 cm³/mol. The van der Waals surface area contributed by atoms with Crippen LogP contribution in [0.3, 0.4) is 0 Å². The Morgan fingerprint density at radius 2 is 2.19 bits per heavy atom. The van der Waals surface area contributed by atoms with E-state index >= 15 is 0 Å². The minimum absolute atomic E-state index is 0.118. The standard InChI is InChI=1S/C15H20N2O3S/c1-16-9-12-6-7-17(10-12)21(18,19)14-8-13-4-2-3-5-15(13)20-11-14/h2-5,8,12,16H,6-7,9-11H2,1H3/t12-/m0/s1. The van der Waals surface area contributed by atoms with Crippen molar-refractivity contribution in [1.29, 1.82) is 0 Å². The van der Waals surface area contributed by atoms with Gasteiger partial charge in [0, 0.05) is 18.7 Å². The van der Waals surface area contributed by atoms with E-state index in [9.17, 15) is 8.42 Å². The Morgan fingerprint density at radius 3 is 3.00 bits per heavy atom. The van der Waals surface area contributed by atoms with Crippen LogP contribution in [0.4, 0.5) is 0 Å². The number of benzene rings is 1. The van der Waals surface area contributed by atoms with Crippen molar-refractivity contribution in [3.05, 3.63) is 34.7 Å². The van der Waals surface area contributed by atoms with Crippen molar-refractivity contribution in [2.75, 3.05) is 33.3 Å². The highest BCUT2D eigenvalue weighted by atomic mass is 32.2. The van der Waals surface area contributed by atoms with Gasteiger partial charge in [0.1, 0.15) is 12.4 Å². The zero-order valence-corrected chi connectivity index (χ0v) is 12.9. The zero-order valence-electron chi connectivity index (χ0n) is 12.1. The Bertz CT molecular complexity index is 655. The first-order valence-corrected chi connectivity index (χ1v) is 8.62. The summed E-state index contributed by atoms with van der Waals surface area (Å²) >= 11 is 0. The van der Waals surface area contributed by atoms with Crippen LogP contribution in [-0.2, 0) is 10.0 Å². The molecule has 1 aromatic rings. The number of sulfonamides is 1. The third-order valence-electron chi connectivity index (χ3n) is 4.02. The molecule has 2 heterocycles. The fourth-order valence-electron chi connectivity index (χ4n) is 2.88. The molecule has 1 saturated heterocycles. The minimum Gasteiger partial charge on any atom is -0.487 e. The third-order valence-corrected chi connectivity index (χ3v) is 5.93. The summed E-state index contributed by atoms with van der Waals surface area (Å²) in [7, 11) is -1.52. The maximum Gasteiger partial charge on any atom is 0.242 e. The van der Waals surface area contributed by atoms with Crippen LogP contribution in [-0.4, -0.2) is 46.0 Å². The largest absolute Gasteiger partial charge is 0.487 e. The van der Waals surface area contributed by atoms with Crippen LogP contribution < -0.4 is 10.1 Å². The van der Waals surface area contributed by atoms with Crippen LogP contribution in [0.25, 0.3) is 6.08 Å². The Kier molecular flexibility index (Phi) is 4.01. The first-order valence-electron chi connectivity index (χ1n) is 7.18. The average Bonchev–Trinajstić information content (AvgIpc) is 2.96. The molecule has 114 valence electrons. The summed E-state index contributed by atoms with van der Waals surface area (Å²) in [5, 5.41) is 3.11. The molecule has 0 radical (unpaired) electrons. The van der Waals surface area contributed by atoms with Crippen molar-refractivity contribution < 1.29 is 13.2 Å². The van der Waals surface area contributed by atoms with Crippen molar-refractivity contribution in [2.24, 2.45) is 5.92 Å². The summed E-state index contributed by atoms with van der Waals surface area (Å²) in [6, 6.07) is 7.49. The third kappa shape index (κ3) is 2.84. The second kappa shape index (κ2) is 5.79. The van der Waals surface area contributed by atoms with Crippen molar-refractivity contribution >= 4 is 16.1 Å². The van der Waals surface area contributed by atoms with Gasteiger partial charge in [0.2, 0.25) is 10.0 Å². The lowest BCUT2D eigenvalue weighted by atomic mass is 10.1. The van der Waals surface area contributed by atoms with Gasteiger partial charge in [-0.05, 0) is 38.1 Å². The molecule has 6 heteroatoms. The van der Waals surface area contributed by atoms with Gasteiger partial charge in [-0.15, -0.1) is 0 Å². The summed E-state index contributed by atoms with van der Waals surface area (Å²) in [6.07, 6.45) is 2.64. The van der Waals surface area contributed by atoms with Gasteiger partial charge in [0.05, 0.1) is 4.91 Å².